The van der Waals surface area contributed by atoms with Gasteiger partial charge in [-0.2, -0.15) is 0 Å². The summed E-state index contributed by atoms with van der Waals surface area (Å²) >= 11 is 0. The molecule has 0 radical (unpaired) electrons. The van der Waals surface area contributed by atoms with Crippen molar-refractivity contribution in [2.75, 3.05) is 13.2 Å². The number of hydrogen-bond donors (Lipinski definition) is 4. The van der Waals surface area contributed by atoms with Gasteiger partial charge in [-0.05, 0) is 68.8 Å². The maximum absolute atomic E-state index is 14.6. The average Bonchev–Trinajstić information content (AvgIpc) is 3.65. The van der Waals surface area contributed by atoms with Crippen molar-refractivity contribution >= 4 is 58.6 Å². The Morgan fingerprint density at radius 1 is 0.938 bits per heavy atom. The van der Waals surface area contributed by atoms with Gasteiger partial charge in [-0.25, -0.2) is 9.59 Å². The lowest BCUT2D eigenvalue weighted by Crippen LogP contribution is -2.59. The second-order valence-corrected chi connectivity index (χ2v) is 18.3. The molecule has 18 nitrogen and oxygen atoms in total. The standard InChI is InChI=1S/C46H63N5O13/c1-5-64-38(55)19-13-12-18-29(22-36(53)32-21-20-30(51(62)63)23-34(32)45(60)61)42(57)49-40(46(2,3)4)44(59)50-26-31(52)24-35(50)43(58)48-39(28-16-10-7-11-17-28)37(54)25-33(41(47)56)27-14-8-6-9-15-27/h13,19-21,23,27-29,33,35,39-40H,5-12,14-18,22,24-26H2,1-4H3,(H2,47,56)(H,48,58)(H,49,57)(H,60,61)/b19-13+/t29-,33+,35+,39+,40-/m1/s1. The predicted octanol–water partition coefficient (Wildman–Crippen LogP) is 4.79. The Hall–Kier alpha value is -5.81. The summed E-state index contributed by atoms with van der Waals surface area (Å²) in [5.74, 6) is -8.84. The van der Waals surface area contributed by atoms with Crippen LogP contribution in [0.1, 0.15) is 145 Å². The number of ether oxygens (including phenoxy) is 1. The highest BCUT2D eigenvalue weighted by molar-refractivity contribution is 6.08. The van der Waals surface area contributed by atoms with Gasteiger partial charge in [-0.1, -0.05) is 65.4 Å². The topological polar surface area (TPSA) is 280 Å². The first-order valence-electron chi connectivity index (χ1n) is 22.4. The SMILES string of the molecule is CCOC(=O)/C=C/CC[C@H](CC(=O)c1ccc([N+](=O)[O-])cc1C(=O)O)C(=O)N[C@H](C(=O)N1CC(=O)C[C@H]1C(=O)N[C@H](C(=O)C[C@H](C(N)=O)C1CCCCC1)C1CCCCC1)C(C)(C)C. The largest absolute Gasteiger partial charge is 0.478 e. The van der Waals surface area contributed by atoms with Gasteiger partial charge in [0.1, 0.15) is 12.1 Å². The van der Waals surface area contributed by atoms with Gasteiger partial charge in [0.2, 0.25) is 23.6 Å². The van der Waals surface area contributed by atoms with Crippen molar-refractivity contribution in [3.8, 4) is 0 Å². The normalized spacial score (nSPS) is 19.3. The minimum atomic E-state index is -1.61. The first kappa shape index (κ1) is 50.8. The second-order valence-electron chi connectivity index (χ2n) is 18.3. The third kappa shape index (κ3) is 13.8. The van der Waals surface area contributed by atoms with E-state index in [4.69, 9.17) is 10.5 Å². The maximum atomic E-state index is 14.6. The Balaban J connectivity index is 1.60. The minimum Gasteiger partial charge on any atom is -0.478 e. The van der Waals surface area contributed by atoms with Crippen LogP contribution in [0.25, 0.3) is 0 Å². The lowest BCUT2D eigenvalue weighted by atomic mass is 9.75. The molecule has 64 heavy (non-hydrogen) atoms. The van der Waals surface area contributed by atoms with Crippen molar-refractivity contribution in [3.63, 3.8) is 0 Å². The number of likely N-dealkylation sites (tertiary alicyclic amines) is 1. The van der Waals surface area contributed by atoms with Crippen LogP contribution < -0.4 is 16.4 Å². The van der Waals surface area contributed by atoms with Crippen molar-refractivity contribution in [1.82, 2.24) is 15.5 Å². The van der Waals surface area contributed by atoms with E-state index in [2.05, 4.69) is 10.6 Å². The number of aromatic carboxylic acids is 1. The lowest BCUT2D eigenvalue weighted by Gasteiger charge is -2.37. The number of rotatable bonds is 21. The molecular formula is C46H63N5O13. The summed E-state index contributed by atoms with van der Waals surface area (Å²) in [6, 6.07) is -0.961. The number of carboxylic acid groups (broad SMARTS) is 1. The molecule has 4 amide bonds. The number of carbonyl (C=O) groups is 9. The molecule has 350 valence electrons. The van der Waals surface area contributed by atoms with Crippen molar-refractivity contribution in [2.24, 2.45) is 34.8 Å². The van der Waals surface area contributed by atoms with Crippen molar-refractivity contribution < 1.29 is 57.9 Å². The summed E-state index contributed by atoms with van der Waals surface area (Å²) in [6.07, 6.45) is 9.95. The number of nitro benzene ring substituents is 1. The molecule has 5 atom stereocenters. The Morgan fingerprint density at radius 2 is 1.56 bits per heavy atom. The van der Waals surface area contributed by atoms with Gasteiger partial charge >= 0.3 is 11.9 Å². The molecule has 1 heterocycles. The van der Waals surface area contributed by atoms with Gasteiger partial charge in [0.05, 0.1) is 29.7 Å². The first-order valence-corrected chi connectivity index (χ1v) is 22.4. The summed E-state index contributed by atoms with van der Waals surface area (Å²) in [6.45, 7) is 6.25. The number of non-ortho nitro benzene ring substituents is 1. The summed E-state index contributed by atoms with van der Waals surface area (Å²) in [4.78, 5) is 132. The van der Waals surface area contributed by atoms with Crippen LogP contribution >= 0.6 is 0 Å². The van der Waals surface area contributed by atoms with E-state index in [1.54, 1.807) is 27.7 Å². The van der Waals surface area contributed by atoms with Crippen LogP contribution in [0.2, 0.25) is 0 Å². The van der Waals surface area contributed by atoms with Crippen LogP contribution in [0.5, 0.6) is 0 Å². The number of nitro groups is 1. The van der Waals surface area contributed by atoms with Crippen molar-refractivity contribution in [3.05, 3.63) is 51.6 Å². The minimum absolute atomic E-state index is 0.0358. The number of carbonyl (C=O) groups excluding carboxylic acids is 8. The molecule has 3 fully saturated rings. The fourth-order valence-electron chi connectivity index (χ4n) is 9.18. The summed E-state index contributed by atoms with van der Waals surface area (Å²) < 4.78 is 4.90. The number of benzene rings is 1. The van der Waals surface area contributed by atoms with E-state index >= 15 is 0 Å². The quantitative estimate of drug-likeness (QED) is 0.0425. The Morgan fingerprint density at radius 3 is 2.12 bits per heavy atom. The van der Waals surface area contributed by atoms with Crippen LogP contribution in [0.4, 0.5) is 5.69 Å². The molecular weight excluding hydrogens is 831 g/mol. The molecule has 2 saturated carbocycles. The van der Waals surface area contributed by atoms with Gasteiger partial charge in [-0.3, -0.25) is 43.7 Å². The van der Waals surface area contributed by atoms with E-state index in [0.717, 1.165) is 80.5 Å². The van der Waals surface area contributed by atoms with Crippen LogP contribution in [-0.2, 0) is 38.3 Å². The zero-order valence-corrected chi connectivity index (χ0v) is 37.3. The van der Waals surface area contributed by atoms with E-state index in [1.807, 2.05) is 0 Å². The molecule has 3 aliphatic rings. The number of nitrogens with two attached hydrogens (primary N) is 1. The predicted molar refractivity (Wildman–Crippen MR) is 231 cm³/mol. The molecule has 0 unspecified atom stereocenters. The third-order valence-corrected chi connectivity index (χ3v) is 12.7. The van der Waals surface area contributed by atoms with Gasteiger partial charge in [0.25, 0.3) is 5.69 Å². The number of Topliss-reactive ketones (excluding diaryl/α,β-unsaturated/α-hetero) is 3. The number of nitrogens with one attached hydrogen (secondary N) is 2. The third-order valence-electron chi connectivity index (χ3n) is 12.7. The van der Waals surface area contributed by atoms with Crippen molar-refractivity contribution in [2.45, 2.75) is 142 Å². The summed E-state index contributed by atoms with van der Waals surface area (Å²) in [5, 5.41) is 26.8. The number of carboxylic acids is 1. The van der Waals surface area contributed by atoms with E-state index in [1.165, 1.54) is 6.08 Å². The van der Waals surface area contributed by atoms with E-state index < -0.39 is 112 Å². The molecule has 5 N–H and O–H groups in total. The molecule has 1 aromatic carbocycles. The molecule has 2 aliphatic carbocycles. The molecule has 1 aliphatic heterocycles. The van der Waals surface area contributed by atoms with E-state index in [9.17, 15) is 58.4 Å². The van der Waals surface area contributed by atoms with Gasteiger partial charge < -0.3 is 31.1 Å². The van der Waals surface area contributed by atoms with Crippen LogP contribution in [0, 0.1) is 39.2 Å². The fraction of sp³-hybridized carbons (Fsp3) is 0.630. The van der Waals surface area contributed by atoms with E-state index in [-0.39, 0.29) is 55.5 Å². The molecule has 0 bridgehead atoms. The molecule has 0 spiro atoms. The molecule has 18 heteroatoms. The number of esters is 1. The highest BCUT2D eigenvalue weighted by Crippen LogP contribution is 2.35. The first-order chi connectivity index (χ1) is 30.2. The molecule has 1 saturated heterocycles. The van der Waals surface area contributed by atoms with Gasteiger partial charge in [0, 0.05) is 54.9 Å². The van der Waals surface area contributed by atoms with Crippen LogP contribution in [0.3, 0.4) is 0 Å². The number of primary amides is 1. The summed E-state index contributed by atoms with van der Waals surface area (Å²) in [7, 11) is 0. The number of nitrogens with zero attached hydrogens (tertiary/aromatic N) is 2. The van der Waals surface area contributed by atoms with Crippen LogP contribution in [-0.4, -0.2) is 99.1 Å². The number of hydrogen-bond acceptors (Lipinski definition) is 12. The lowest BCUT2D eigenvalue weighted by molar-refractivity contribution is -0.384. The zero-order valence-electron chi connectivity index (χ0n) is 37.3. The van der Waals surface area contributed by atoms with E-state index in [0.29, 0.717) is 12.8 Å². The van der Waals surface area contributed by atoms with Gasteiger partial charge in [-0.15, -0.1) is 0 Å². The highest BCUT2D eigenvalue weighted by atomic mass is 16.6. The molecule has 0 aromatic heterocycles. The monoisotopic (exact) mass is 893 g/mol. The zero-order chi connectivity index (χ0) is 47.3. The number of amides is 4. The molecule has 4 rings (SSSR count). The number of ketones is 3. The summed E-state index contributed by atoms with van der Waals surface area (Å²) in [5.41, 5.74) is 3.21. The Bertz CT molecular complexity index is 1980. The Kier molecular flexibility index (Phi) is 18.4. The molecule has 1 aromatic rings. The second kappa shape index (κ2) is 23.2. The number of allylic oxidation sites excluding steroid dienone is 1. The smallest absolute Gasteiger partial charge is 0.336 e. The average molecular weight is 894 g/mol. The fourth-order valence-corrected chi connectivity index (χ4v) is 9.18. The van der Waals surface area contributed by atoms with Crippen LogP contribution in [0.15, 0.2) is 30.4 Å². The van der Waals surface area contributed by atoms with Gasteiger partial charge in [0.15, 0.2) is 17.3 Å². The Labute approximate surface area is 373 Å². The van der Waals surface area contributed by atoms with Crippen molar-refractivity contribution in [1.29, 1.82) is 0 Å². The highest BCUT2D eigenvalue weighted by Gasteiger charge is 2.46. The maximum Gasteiger partial charge on any atom is 0.336 e.